The lowest BCUT2D eigenvalue weighted by Gasteiger charge is -2.09. The quantitative estimate of drug-likeness (QED) is 0.630. The van der Waals surface area contributed by atoms with Gasteiger partial charge in [-0.3, -0.25) is 0 Å². The van der Waals surface area contributed by atoms with E-state index < -0.39 is 29.2 Å². The van der Waals surface area contributed by atoms with Crippen LogP contribution in [0.5, 0.6) is 0 Å². The molecule has 0 saturated heterocycles. The smallest absolute Gasteiger partial charge is 0.308 e. The lowest BCUT2D eigenvalue weighted by Crippen LogP contribution is -2.20. The van der Waals surface area contributed by atoms with Crippen LogP contribution in [0.1, 0.15) is 5.01 Å². The number of halogens is 3. The normalized spacial score (nSPS) is 10.6. The maximum Gasteiger partial charge on any atom is 0.323 e. The first-order chi connectivity index (χ1) is 11.9. The van der Waals surface area contributed by atoms with Crippen molar-refractivity contribution in [2.75, 3.05) is 10.6 Å². The van der Waals surface area contributed by atoms with Gasteiger partial charge >= 0.3 is 6.03 Å². The van der Waals surface area contributed by atoms with Gasteiger partial charge in [0.15, 0.2) is 17.5 Å². The number of aryl methyl sites for hydroxylation is 1. The van der Waals surface area contributed by atoms with Crippen molar-refractivity contribution in [1.29, 1.82) is 0 Å². The van der Waals surface area contributed by atoms with Crippen molar-refractivity contribution in [3.63, 3.8) is 0 Å². The Morgan fingerprint density at radius 3 is 2.36 bits per heavy atom. The summed E-state index contributed by atoms with van der Waals surface area (Å²) in [7, 11) is 0. The molecule has 0 aliphatic heterocycles. The van der Waals surface area contributed by atoms with Gasteiger partial charge in [-0.25, -0.2) is 22.9 Å². The predicted octanol–water partition coefficient (Wildman–Crippen LogP) is 5.18. The minimum absolute atomic E-state index is 0.453. The summed E-state index contributed by atoms with van der Waals surface area (Å²) in [5.41, 5.74) is 1.73. The van der Waals surface area contributed by atoms with E-state index in [1.54, 1.807) is 24.3 Å². The third-order valence-corrected chi connectivity index (χ3v) is 4.11. The van der Waals surface area contributed by atoms with Crippen LogP contribution in [-0.4, -0.2) is 11.0 Å². The van der Waals surface area contributed by atoms with Gasteiger partial charge in [0, 0.05) is 16.6 Å². The predicted molar refractivity (Wildman–Crippen MR) is 91.2 cm³/mol. The first-order valence-electron chi connectivity index (χ1n) is 7.18. The Morgan fingerprint density at radius 2 is 1.72 bits per heavy atom. The zero-order valence-corrected chi connectivity index (χ0v) is 13.8. The van der Waals surface area contributed by atoms with Crippen LogP contribution in [0.25, 0.3) is 11.3 Å². The number of amides is 2. The van der Waals surface area contributed by atoms with E-state index in [1.165, 1.54) is 11.3 Å². The number of urea groups is 1. The summed E-state index contributed by atoms with van der Waals surface area (Å²) >= 11 is 1.54. The molecule has 3 aromatic rings. The number of benzene rings is 2. The number of hydrogen-bond donors (Lipinski definition) is 2. The molecule has 2 amide bonds. The number of nitrogens with zero attached hydrogens (tertiary/aromatic N) is 1. The molecule has 0 radical (unpaired) electrons. The lowest BCUT2D eigenvalue weighted by molar-refractivity contribution is 0.262. The highest BCUT2D eigenvalue weighted by molar-refractivity contribution is 7.09. The van der Waals surface area contributed by atoms with Crippen molar-refractivity contribution < 1.29 is 18.0 Å². The summed E-state index contributed by atoms with van der Waals surface area (Å²) in [6.07, 6.45) is 0. The van der Waals surface area contributed by atoms with E-state index in [0.29, 0.717) is 5.69 Å². The summed E-state index contributed by atoms with van der Waals surface area (Å²) in [6.45, 7) is 1.91. The van der Waals surface area contributed by atoms with Crippen LogP contribution in [0.3, 0.4) is 0 Å². The number of nitrogens with one attached hydrogen (secondary N) is 2. The Balaban J connectivity index is 1.68. The molecule has 128 valence electrons. The number of anilines is 2. The number of hydrogen-bond acceptors (Lipinski definition) is 3. The summed E-state index contributed by atoms with van der Waals surface area (Å²) in [4.78, 5) is 16.2. The number of rotatable bonds is 3. The van der Waals surface area contributed by atoms with Crippen LogP contribution in [0.4, 0.5) is 29.3 Å². The van der Waals surface area contributed by atoms with Gasteiger partial charge in [-0.05, 0) is 31.2 Å². The van der Waals surface area contributed by atoms with Crippen molar-refractivity contribution >= 4 is 28.7 Å². The molecule has 0 atom stereocenters. The minimum Gasteiger partial charge on any atom is -0.308 e. The van der Waals surface area contributed by atoms with E-state index in [4.69, 9.17) is 0 Å². The molecule has 1 aromatic heterocycles. The SMILES string of the molecule is Cc1nc(-c2ccc(NC(=O)Nc3ccc(F)c(F)c3F)cc2)cs1. The fraction of sp³-hybridized carbons (Fsp3) is 0.0588. The number of thiazole rings is 1. The Morgan fingerprint density at radius 1 is 1.00 bits per heavy atom. The maximum atomic E-state index is 13.5. The van der Waals surface area contributed by atoms with Gasteiger partial charge in [-0.15, -0.1) is 11.3 Å². The van der Waals surface area contributed by atoms with Crippen molar-refractivity contribution in [3.05, 3.63) is 64.2 Å². The average Bonchev–Trinajstić information content (AvgIpc) is 3.02. The Hall–Kier alpha value is -2.87. The Kier molecular flexibility index (Phi) is 4.71. The lowest BCUT2D eigenvalue weighted by atomic mass is 10.1. The van der Waals surface area contributed by atoms with Gasteiger partial charge in [0.25, 0.3) is 0 Å². The molecule has 3 rings (SSSR count). The van der Waals surface area contributed by atoms with Crippen molar-refractivity contribution in [2.45, 2.75) is 6.92 Å². The van der Waals surface area contributed by atoms with Crippen LogP contribution in [0, 0.1) is 24.4 Å². The summed E-state index contributed by atoms with van der Waals surface area (Å²) < 4.78 is 39.6. The highest BCUT2D eigenvalue weighted by Crippen LogP contribution is 2.23. The zero-order chi connectivity index (χ0) is 18.0. The third kappa shape index (κ3) is 3.80. The monoisotopic (exact) mass is 363 g/mol. The van der Waals surface area contributed by atoms with Crippen LogP contribution in [0.15, 0.2) is 41.8 Å². The Labute approximate surface area is 145 Å². The van der Waals surface area contributed by atoms with E-state index in [9.17, 15) is 18.0 Å². The van der Waals surface area contributed by atoms with E-state index in [2.05, 4.69) is 15.6 Å². The fourth-order valence-corrected chi connectivity index (χ4v) is 2.75. The van der Waals surface area contributed by atoms with Gasteiger partial charge in [-0.1, -0.05) is 12.1 Å². The summed E-state index contributed by atoms with van der Waals surface area (Å²) in [6, 6.07) is 7.78. The third-order valence-electron chi connectivity index (χ3n) is 3.34. The molecular formula is C17H12F3N3OS. The molecule has 1 heterocycles. The van der Waals surface area contributed by atoms with Crippen LogP contribution >= 0.6 is 11.3 Å². The first-order valence-corrected chi connectivity index (χ1v) is 8.06. The Bertz CT molecular complexity index is 925. The van der Waals surface area contributed by atoms with Crippen LogP contribution in [0.2, 0.25) is 0 Å². The van der Waals surface area contributed by atoms with Crippen molar-refractivity contribution in [1.82, 2.24) is 4.98 Å². The van der Waals surface area contributed by atoms with E-state index in [0.717, 1.165) is 28.4 Å². The van der Waals surface area contributed by atoms with Crippen molar-refractivity contribution in [3.8, 4) is 11.3 Å². The highest BCUT2D eigenvalue weighted by atomic mass is 32.1. The standard InChI is InChI=1S/C17H12F3N3OS/c1-9-21-14(8-25-9)10-2-4-11(5-3-10)22-17(24)23-13-7-6-12(18)15(19)16(13)20/h2-8H,1H3,(H2,22,23,24). The van der Waals surface area contributed by atoms with Gasteiger partial charge in [0.2, 0.25) is 0 Å². The first kappa shape index (κ1) is 17.0. The van der Waals surface area contributed by atoms with E-state index >= 15 is 0 Å². The van der Waals surface area contributed by atoms with Gasteiger partial charge < -0.3 is 10.6 Å². The second kappa shape index (κ2) is 6.94. The summed E-state index contributed by atoms with van der Waals surface area (Å²) in [5.74, 6) is -4.42. The second-order valence-electron chi connectivity index (χ2n) is 5.13. The molecule has 0 saturated carbocycles. The molecule has 25 heavy (non-hydrogen) atoms. The molecule has 4 nitrogen and oxygen atoms in total. The molecule has 0 aliphatic rings. The molecule has 2 aromatic carbocycles. The summed E-state index contributed by atoms with van der Waals surface area (Å²) in [5, 5.41) is 7.49. The van der Waals surface area contributed by atoms with Crippen LogP contribution in [-0.2, 0) is 0 Å². The molecule has 0 fully saturated rings. The molecule has 0 bridgehead atoms. The molecule has 0 unspecified atom stereocenters. The van der Waals surface area contributed by atoms with Gasteiger partial charge in [-0.2, -0.15) is 0 Å². The van der Waals surface area contributed by atoms with E-state index in [-0.39, 0.29) is 0 Å². The number of aromatic nitrogens is 1. The van der Waals surface area contributed by atoms with Crippen molar-refractivity contribution in [2.24, 2.45) is 0 Å². The zero-order valence-electron chi connectivity index (χ0n) is 12.9. The highest BCUT2D eigenvalue weighted by Gasteiger charge is 2.15. The molecular weight excluding hydrogens is 351 g/mol. The van der Waals surface area contributed by atoms with E-state index in [1.807, 2.05) is 12.3 Å². The topological polar surface area (TPSA) is 54.0 Å². The molecule has 0 aliphatic carbocycles. The second-order valence-corrected chi connectivity index (χ2v) is 6.19. The van der Waals surface area contributed by atoms with Gasteiger partial charge in [0.05, 0.1) is 16.4 Å². The number of carbonyl (C=O) groups is 1. The minimum atomic E-state index is -1.64. The molecule has 2 N–H and O–H groups in total. The largest absolute Gasteiger partial charge is 0.323 e. The van der Waals surface area contributed by atoms with Crippen LogP contribution < -0.4 is 10.6 Å². The molecule has 0 spiro atoms. The molecule has 8 heteroatoms. The maximum absolute atomic E-state index is 13.5. The van der Waals surface area contributed by atoms with Gasteiger partial charge in [0.1, 0.15) is 0 Å². The number of carbonyl (C=O) groups excluding carboxylic acids is 1. The average molecular weight is 363 g/mol. The fourth-order valence-electron chi connectivity index (χ4n) is 2.13.